The first-order chi connectivity index (χ1) is 14.9. The standard InChI is InChI=1S/C21H20F3N3O4S/c1-12-18-16(20(28)27-7-6-13(10-27)11-32(2,29)30)9-17(25-19(18)31-26-12)14-4-3-5-15(8-14)21(22,23)24/h3-5,8-9,13H,6-7,10-11H2,1-2H3. The Hall–Kier alpha value is -2.95. The number of carbonyl (C=O) groups excluding carboxylic acids is 1. The van der Waals surface area contributed by atoms with Crippen LogP contribution in [0, 0.1) is 12.8 Å². The number of benzene rings is 1. The number of nitrogens with zero attached hydrogens (tertiary/aromatic N) is 3. The predicted molar refractivity (Wildman–Crippen MR) is 111 cm³/mol. The van der Waals surface area contributed by atoms with Crippen molar-refractivity contribution in [2.75, 3.05) is 25.1 Å². The molecule has 0 radical (unpaired) electrons. The van der Waals surface area contributed by atoms with Gasteiger partial charge in [-0.3, -0.25) is 4.79 Å². The number of carbonyl (C=O) groups is 1. The van der Waals surface area contributed by atoms with E-state index in [-0.39, 0.29) is 46.7 Å². The molecule has 0 bridgehead atoms. The van der Waals surface area contributed by atoms with Crippen LogP contribution in [-0.2, 0) is 16.0 Å². The minimum Gasteiger partial charge on any atom is -0.338 e. The molecule has 11 heteroatoms. The SMILES string of the molecule is Cc1noc2nc(-c3cccc(C(F)(F)F)c3)cc(C(=O)N3CCC(CS(C)(=O)=O)C3)c12. The molecule has 170 valence electrons. The van der Waals surface area contributed by atoms with Gasteiger partial charge in [0.1, 0.15) is 9.84 Å². The highest BCUT2D eigenvalue weighted by Gasteiger charge is 2.32. The second kappa shape index (κ2) is 7.88. The number of amides is 1. The van der Waals surface area contributed by atoms with Crippen molar-refractivity contribution in [3.63, 3.8) is 0 Å². The third-order valence-electron chi connectivity index (χ3n) is 5.44. The average Bonchev–Trinajstić information content (AvgIpc) is 3.32. The highest BCUT2D eigenvalue weighted by atomic mass is 32.2. The number of aromatic nitrogens is 2. The molecule has 1 aliphatic heterocycles. The fourth-order valence-electron chi connectivity index (χ4n) is 4.02. The summed E-state index contributed by atoms with van der Waals surface area (Å²) in [6.07, 6.45) is -2.81. The highest BCUT2D eigenvalue weighted by Crippen LogP contribution is 2.34. The lowest BCUT2D eigenvalue weighted by Crippen LogP contribution is -2.30. The molecule has 1 saturated heterocycles. The van der Waals surface area contributed by atoms with Gasteiger partial charge < -0.3 is 9.42 Å². The van der Waals surface area contributed by atoms with E-state index < -0.39 is 21.6 Å². The van der Waals surface area contributed by atoms with Crippen LogP contribution in [-0.4, -0.2) is 54.5 Å². The number of alkyl halides is 3. The zero-order valence-corrected chi connectivity index (χ0v) is 18.1. The van der Waals surface area contributed by atoms with Crippen LogP contribution in [0.15, 0.2) is 34.9 Å². The van der Waals surface area contributed by atoms with E-state index in [4.69, 9.17) is 4.52 Å². The second-order valence-electron chi connectivity index (χ2n) is 8.08. The van der Waals surface area contributed by atoms with E-state index in [0.29, 0.717) is 24.0 Å². The van der Waals surface area contributed by atoms with Crippen molar-refractivity contribution in [3.05, 3.63) is 47.2 Å². The van der Waals surface area contributed by atoms with Crippen LogP contribution in [0.25, 0.3) is 22.4 Å². The first kappa shape index (κ1) is 22.3. The van der Waals surface area contributed by atoms with E-state index >= 15 is 0 Å². The fourth-order valence-corrected chi connectivity index (χ4v) is 5.15. The van der Waals surface area contributed by atoms with Gasteiger partial charge in [0, 0.05) is 24.9 Å². The summed E-state index contributed by atoms with van der Waals surface area (Å²) in [5.74, 6) is -0.546. The molecule has 2 aromatic heterocycles. The predicted octanol–water partition coefficient (Wildman–Crippen LogP) is 3.72. The molecule has 1 aliphatic rings. The molecule has 1 amide bonds. The number of fused-ring (bicyclic) bond motifs is 1. The third kappa shape index (κ3) is 4.47. The molecular weight excluding hydrogens is 447 g/mol. The molecule has 0 aliphatic carbocycles. The topological polar surface area (TPSA) is 93.4 Å². The van der Waals surface area contributed by atoms with Crippen LogP contribution in [0.2, 0.25) is 0 Å². The normalized spacial score (nSPS) is 17.3. The summed E-state index contributed by atoms with van der Waals surface area (Å²) in [5, 5.41) is 4.24. The maximum atomic E-state index is 13.3. The summed E-state index contributed by atoms with van der Waals surface area (Å²) in [7, 11) is -3.18. The number of rotatable bonds is 4. The molecule has 7 nitrogen and oxygen atoms in total. The fraction of sp³-hybridized carbons (Fsp3) is 0.381. The number of hydrogen-bond donors (Lipinski definition) is 0. The van der Waals surface area contributed by atoms with Gasteiger partial charge in [-0.15, -0.1) is 0 Å². The minimum atomic E-state index is -4.52. The van der Waals surface area contributed by atoms with Crippen molar-refractivity contribution in [3.8, 4) is 11.3 Å². The lowest BCUT2D eigenvalue weighted by molar-refractivity contribution is -0.137. The van der Waals surface area contributed by atoms with E-state index in [2.05, 4.69) is 10.1 Å². The molecule has 1 atom stereocenters. The van der Waals surface area contributed by atoms with Gasteiger partial charge in [-0.1, -0.05) is 17.3 Å². The minimum absolute atomic E-state index is 0.00961. The zero-order valence-electron chi connectivity index (χ0n) is 17.3. The number of sulfone groups is 1. The van der Waals surface area contributed by atoms with Gasteiger partial charge in [0.05, 0.1) is 33.7 Å². The van der Waals surface area contributed by atoms with Crippen LogP contribution in [0.1, 0.15) is 28.0 Å². The van der Waals surface area contributed by atoms with Crippen molar-refractivity contribution >= 4 is 26.8 Å². The first-order valence-corrected chi connectivity index (χ1v) is 11.9. The molecule has 1 fully saturated rings. The molecule has 0 spiro atoms. The number of halogens is 3. The van der Waals surface area contributed by atoms with Gasteiger partial charge in [-0.2, -0.15) is 13.2 Å². The van der Waals surface area contributed by atoms with E-state index in [0.717, 1.165) is 18.4 Å². The van der Waals surface area contributed by atoms with Crippen molar-refractivity contribution in [2.24, 2.45) is 5.92 Å². The van der Waals surface area contributed by atoms with Crippen LogP contribution < -0.4 is 0 Å². The Morgan fingerprint density at radius 1 is 1.28 bits per heavy atom. The quantitative estimate of drug-likeness (QED) is 0.581. The Labute approximate surface area is 182 Å². The Kier molecular flexibility index (Phi) is 5.48. The summed E-state index contributed by atoms with van der Waals surface area (Å²) in [4.78, 5) is 19.2. The molecule has 0 saturated carbocycles. The molecule has 4 rings (SSSR count). The molecule has 3 heterocycles. The molecule has 3 aromatic rings. The zero-order chi connectivity index (χ0) is 23.3. The number of likely N-dealkylation sites (tertiary alicyclic amines) is 1. The summed E-state index contributed by atoms with van der Waals surface area (Å²) in [6.45, 7) is 2.30. The summed E-state index contributed by atoms with van der Waals surface area (Å²) in [5.41, 5.74) is 0.185. The van der Waals surface area contributed by atoms with Crippen LogP contribution in [0.5, 0.6) is 0 Å². The lowest BCUT2D eigenvalue weighted by atomic mass is 10.0. The lowest BCUT2D eigenvalue weighted by Gasteiger charge is -2.17. The van der Waals surface area contributed by atoms with E-state index in [1.807, 2.05) is 0 Å². The van der Waals surface area contributed by atoms with E-state index in [9.17, 15) is 26.4 Å². The Balaban J connectivity index is 1.74. The molecule has 1 aromatic carbocycles. The van der Waals surface area contributed by atoms with E-state index in [1.165, 1.54) is 18.2 Å². The van der Waals surface area contributed by atoms with Gasteiger partial charge in [0.15, 0.2) is 0 Å². The van der Waals surface area contributed by atoms with Gasteiger partial charge in [-0.25, -0.2) is 13.4 Å². The molecule has 32 heavy (non-hydrogen) atoms. The first-order valence-electron chi connectivity index (χ1n) is 9.84. The van der Waals surface area contributed by atoms with Crippen LogP contribution >= 0.6 is 0 Å². The van der Waals surface area contributed by atoms with Crippen molar-refractivity contribution < 1.29 is 30.9 Å². The monoisotopic (exact) mass is 467 g/mol. The number of pyridine rings is 1. The Bertz CT molecular complexity index is 1300. The maximum absolute atomic E-state index is 13.3. The second-order valence-corrected chi connectivity index (χ2v) is 10.3. The van der Waals surface area contributed by atoms with Crippen molar-refractivity contribution in [1.82, 2.24) is 15.0 Å². The largest absolute Gasteiger partial charge is 0.416 e. The van der Waals surface area contributed by atoms with Crippen molar-refractivity contribution in [2.45, 2.75) is 19.5 Å². The highest BCUT2D eigenvalue weighted by molar-refractivity contribution is 7.90. The Morgan fingerprint density at radius 2 is 2.03 bits per heavy atom. The summed E-state index contributed by atoms with van der Waals surface area (Å²) < 4.78 is 67.9. The van der Waals surface area contributed by atoms with E-state index in [1.54, 1.807) is 11.8 Å². The van der Waals surface area contributed by atoms with Crippen molar-refractivity contribution in [1.29, 1.82) is 0 Å². The van der Waals surface area contributed by atoms with Crippen LogP contribution in [0.3, 0.4) is 0 Å². The number of aryl methyl sites for hydroxylation is 1. The third-order valence-corrected chi connectivity index (χ3v) is 6.52. The van der Waals surface area contributed by atoms with Gasteiger partial charge in [0.2, 0.25) is 0 Å². The summed E-state index contributed by atoms with van der Waals surface area (Å²) >= 11 is 0. The van der Waals surface area contributed by atoms with Crippen LogP contribution in [0.4, 0.5) is 13.2 Å². The van der Waals surface area contributed by atoms with Gasteiger partial charge in [0.25, 0.3) is 11.6 Å². The van der Waals surface area contributed by atoms with Gasteiger partial charge in [-0.05, 0) is 37.5 Å². The molecule has 1 unspecified atom stereocenters. The molecular formula is C21H20F3N3O4S. The smallest absolute Gasteiger partial charge is 0.338 e. The van der Waals surface area contributed by atoms with Gasteiger partial charge >= 0.3 is 6.18 Å². The maximum Gasteiger partial charge on any atom is 0.416 e. The summed E-state index contributed by atoms with van der Waals surface area (Å²) in [6, 6.07) is 6.10. The Morgan fingerprint density at radius 3 is 2.72 bits per heavy atom. The molecule has 0 N–H and O–H groups in total. The average molecular weight is 467 g/mol. The number of hydrogen-bond acceptors (Lipinski definition) is 6.